The lowest BCUT2D eigenvalue weighted by atomic mass is 9.97. The number of rotatable bonds is 7. The lowest BCUT2D eigenvalue weighted by Crippen LogP contribution is -2.35. The molecule has 1 saturated heterocycles. The Balaban J connectivity index is 1.46. The molecule has 0 saturated carbocycles. The topological polar surface area (TPSA) is 44.4 Å². The summed E-state index contributed by atoms with van der Waals surface area (Å²) < 4.78 is 0. The van der Waals surface area contributed by atoms with Crippen molar-refractivity contribution in [2.75, 3.05) is 25.0 Å². The molecule has 0 aromatic heterocycles. The first-order chi connectivity index (χ1) is 14.2. The molecule has 4 nitrogen and oxygen atoms in total. The van der Waals surface area contributed by atoms with E-state index < -0.39 is 0 Å². The number of piperidine rings is 1. The van der Waals surface area contributed by atoms with Gasteiger partial charge >= 0.3 is 0 Å². The van der Waals surface area contributed by atoms with Crippen LogP contribution in [0.5, 0.6) is 0 Å². The third-order valence-corrected chi connectivity index (χ3v) is 5.78. The fraction of sp³-hybridized carbons (Fsp3) is 0.417. The van der Waals surface area contributed by atoms with Gasteiger partial charge in [0.15, 0.2) is 5.11 Å². The standard InChI is InChI=1S/C24H31N3OS/c1-2-19(17-20-9-5-3-6-10-20)18-25-24(29)26-22-13-11-21(12-14-22)23(28)27-15-7-4-8-16-27/h3,5-6,9-14,19H,2,4,7-8,15-18H2,1H3,(H2,25,26,29). The number of anilines is 1. The molecule has 3 rings (SSSR count). The second-order valence-electron chi connectivity index (χ2n) is 7.73. The second-order valence-corrected chi connectivity index (χ2v) is 8.14. The van der Waals surface area contributed by atoms with Crippen LogP contribution >= 0.6 is 12.2 Å². The van der Waals surface area contributed by atoms with Crippen molar-refractivity contribution in [3.63, 3.8) is 0 Å². The normalized spacial score (nSPS) is 14.9. The molecule has 154 valence electrons. The maximum Gasteiger partial charge on any atom is 0.253 e. The number of amides is 1. The molecule has 0 radical (unpaired) electrons. The van der Waals surface area contributed by atoms with Crippen molar-refractivity contribution >= 4 is 28.9 Å². The summed E-state index contributed by atoms with van der Waals surface area (Å²) in [4.78, 5) is 14.5. The fourth-order valence-electron chi connectivity index (χ4n) is 3.70. The molecule has 1 atom stereocenters. The summed E-state index contributed by atoms with van der Waals surface area (Å²) in [6, 6.07) is 18.2. The summed E-state index contributed by atoms with van der Waals surface area (Å²) in [7, 11) is 0. The van der Waals surface area contributed by atoms with Gasteiger partial charge in [0.05, 0.1) is 0 Å². The van der Waals surface area contributed by atoms with Crippen molar-refractivity contribution in [3.8, 4) is 0 Å². The second kappa shape index (κ2) is 11.0. The molecular formula is C24H31N3OS. The van der Waals surface area contributed by atoms with Crippen molar-refractivity contribution in [2.24, 2.45) is 5.92 Å². The maximum atomic E-state index is 12.6. The van der Waals surface area contributed by atoms with Crippen LogP contribution in [0, 0.1) is 5.92 Å². The smallest absolute Gasteiger partial charge is 0.253 e. The molecule has 1 fully saturated rings. The molecule has 2 aromatic carbocycles. The Morgan fingerprint density at radius 2 is 1.72 bits per heavy atom. The van der Waals surface area contributed by atoms with E-state index in [1.54, 1.807) is 0 Å². The highest BCUT2D eigenvalue weighted by molar-refractivity contribution is 7.80. The van der Waals surface area contributed by atoms with Crippen LogP contribution in [-0.4, -0.2) is 35.6 Å². The fourth-order valence-corrected chi connectivity index (χ4v) is 3.90. The number of benzene rings is 2. The van der Waals surface area contributed by atoms with Crippen molar-refractivity contribution in [3.05, 3.63) is 65.7 Å². The van der Waals surface area contributed by atoms with Gasteiger partial charge in [-0.2, -0.15) is 0 Å². The van der Waals surface area contributed by atoms with Crippen molar-refractivity contribution < 1.29 is 4.79 Å². The van der Waals surface area contributed by atoms with Crippen molar-refractivity contribution in [2.45, 2.75) is 39.0 Å². The minimum atomic E-state index is 0.128. The Kier molecular flexibility index (Phi) is 8.05. The zero-order valence-corrected chi connectivity index (χ0v) is 18.0. The van der Waals surface area contributed by atoms with Gasteiger partial charge in [0.1, 0.15) is 0 Å². The van der Waals surface area contributed by atoms with Crippen LogP contribution < -0.4 is 10.6 Å². The summed E-state index contributed by atoms with van der Waals surface area (Å²) >= 11 is 5.46. The number of carbonyl (C=O) groups is 1. The average molecular weight is 410 g/mol. The molecule has 1 aliphatic heterocycles. The van der Waals surface area contributed by atoms with Gasteiger partial charge in [-0.1, -0.05) is 43.7 Å². The van der Waals surface area contributed by atoms with Gasteiger partial charge < -0.3 is 15.5 Å². The highest BCUT2D eigenvalue weighted by Crippen LogP contribution is 2.16. The van der Waals surface area contributed by atoms with E-state index in [2.05, 4.69) is 41.8 Å². The van der Waals surface area contributed by atoms with Crippen LogP contribution in [0.1, 0.15) is 48.5 Å². The quantitative estimate of drug-likeness (QED) is 0.641. The van der Waals surface area contributed by atoms with Crippen LogP contribution in [0.15, 0.2) is 54.6 Å². The van der Waals surface area contributed by atoms with Gasteiger partial charge in [-0.15, -0.1) is 0 Å². The van der Waals surface area contributed by atoms with Gasteiger partial charge in [-0.3, -0.25) is 4.79 Å². The van der Waals surface area contributed by atoms with Gasteiger partial charge in [-0.05, 0) is 73.6 Å². The summed E-state index contributed by atoms with van der Waals surface area (Å²) in [5, 5.41) is 7.18. The van der Waals surface area contributed by atoms with Gasteiger partial charge in [-0.25, -0.2) is 0 Å². The minimum absolute atomic E-state index is 0.128. The van der Waals surface area contributed by atoms with Crippen molar-refractivity contribution in [1.82, 2.24) is 10.2 Å². The molecule has 2 aromatic rings. The number of carbonyl (C=O) groups excluding carboxylic acids is 1. The number of hydrogen-bond acceptors (Lipinski definition) is 2. The molecule has 29 heavy (non-hydrogen) atoms. The van der Waals surface area contributed by atoms with E-state index in [-0.39, 0.29) is 5.91 Å². The van der Waals surface area contributed by atoms with E-state index >= 15 is 0 Å². The molecular weight excluding hydrogens is 378 g/mol. The first-order valence-corrected chi connectivity index (χ1v) is 11.0. The van der Waals surface area contributed by atoms with E-state index in [0.29, 0.717) is 11.0 Å². The van der Waals surface area contributed by atoms with Gasteiger partial charge in [0, 0.05) is 30.9 Å². The predicted octanol–water partition coefficient (Wildman–Crippen LogP) is 4.87. The van der Waals surface area contributed by atoms with Crippen molar-refractivity contribution in [1.29, 1.82) is 0 Å². The lowest BCUT2D eigenvalue weighted by Gasteiger charge is -2.26. The Labute approximate surface area is 179 Å². The molecule has 0 bridgehead atoms. The molecule has 1 aliphatic rings. The molecule has 1 amide bonds. The third kappa shape index (κ3) is 6.57. The zero-order chi connectivity index (χ0) is 20.5. The predicted molar refractivity (Wildman–Crippen MR) is 124 cm³/mol. The summed E-state index contributed by atoms with van der Waals surface area (Å²) in [5.41, 5.74) is 2.99. The Morgan fingerprint density at radius 3 is 2.38 bits per heavy atom. The van der Waals surface area contributed by atoms with E-state index in [1.165, 1.54) is 12.0 Å². The molecule has 1 unspecified atom stereocenters. The van der Waals surface area contributed by atoms with E-state index in [4.69, 9.17) is 12.2 Å². The van der Waals surface area contributed by atoms with E-state index in [9.17, 15) is 4.79 Å². The van der Waals surface area contributed by atoms with Crippen LogP contribution in [0.4, 0.5) is 5.69 Å². The SMILES string of the molecule is CCC(CNC(=S)Nc1ccc(C(=O)N2CCCCC2)cc1)Cc1ccccc1. The van der Waals surface area contributed by atoms with Crippen LogP contribution in [0.25, 0.3) is 0 Å². The highest BCUT2D eigenvalue weighted by Gasteiger charge is 2.18. The van der Waals surface area contributed by atoms with Crippen LogP contribution in [0.2, 0.25) is 0 Å². The summed E-state index contributed by atoms with van der Waals surface area (Å²) in [6.07, 6.45) is 5.57. The lowest BCUT2D eigenvalue weighted by molar-refractivity contribution is 0.0724. The average Bonchev–Trinajstić information content (AvgIpc) is 2.78. The largest absolute Gasteiger partial charge is 0.362 e. The Morgan fingerprint density at radius 1 is 1.03 bits per heavy atom. The highest BCUT2D eigenvalue weighted by atomic mass is 32.1. The molecule has 2 N–H and O–H groups in total. The van der Waals surface area contributed by atoms with E-state index in [1.807, 2.05) is 35.2 Å². The Bertz CT molecular complexity index is 786. The summed E-state index contributed by atoms with van der Waals surface area (Å²) in [6.45, 7) is 4.79. The number of likely N-dealkylation sites (tertiary alicyclic amines) is 1. The van der Waals surface area contributed by atoms with Crippen LogP contribution in [-0.2, 0) is 6.42 Å². The third-order valence-electron chi connectivity index (χ3n) is 5.53. The zero-order valence-electron chi connectivity index (χ0n) is 17.2. The van der Waals surface area contributed by atoms with Crippen LogP contribution in [0.3, 0.4) is 0 Å². The first kappa shape index (κ1) is 21.3. The van der Waals surface area contributed by atoms with Gasteiger partial charge in [0.25, 0.3) is 5.91 Å². The minimum Gasteiger partial charge on any atom is -0.362 e. The van der Waals surface area contributed by atoms with E-state index in [0.717, 1.165) is 56.6 Å². The first-order valence-electron chi connectivity index (χ1n) is 10.6. The molecule has 0 spiro atoms. The number of hydrogen-bond donors (Lipinski definition) is 2. The Hall–Kier alpha value is -2.40. The molecule has 0 aliphatic carbocycles. The molecule has 5 heteroatoms. The number of nitrogens with one attached hydrogen (secondary N) is 2. The number of thiocarbonyl (C=S) groups is 1. The molecule has 1 heterocycles. The monoisotopic (exact) mass is 409 g/mol. The summed E-state index contributed by atoms with van der Waals surface area (Å²) in [5.74, 6) is 0.658. The van der Waals surface area contributed by atoms with Gasteiger partial charge in [0.2, 0.25) is 0 Å². The number of nitrogens with zero attached hydrogens (tertiary/aromatic N) is 1. The maximum absolute atomic E-state index is 12.6.